The van der Waals surface area contributed by atoms with Gasteiger partial charge in [-0.3, -0.25) is 4.79 Å². The van der Waals surface area contributed by atoms with Crippen molar-refractivity contribution in [3.05, 3.63) is 99.8 Å². The molecule has 3 aromatic carbocycles. The monoisotopic (exact) mass is 489 g/mol. The molecule has 0 amide bonds. The second-order valence-electron chi connectivity index (χ2n) is 7.33. The molecule has 0 saturated heterocycles. The summed E-state index contributed by atoms with van der Waals surface area (Å²) in [6.07, 6.45) is 0. The number of esters is 1. The molecule has 0 aliphatic rings. The fourth-order valence-corrected chi connectivity index (χ4v) is 3.56. The standard InChI is InChI=1S/C25H20BrN3O3/c1-16-8-13-21(17(2)14-16)29-24(19-6-4-3-5-7-19)27-23(28-29)25(31)32-15-22(30)18-9-11-20(26)12-10-18/h3-14H,15H2,1-2H3. The Bertz CT molecular complexity index is 1280. The molecule has 0 N–H and O–H groups in total. The van der Waals surface area contributed by atoms with E-state index in [1.54, 1.807) is 28.9 Å². The summed E-state index contributed by atoms with van der Waals surface area (Å²) in [5.74, 6) is -0.643. The number of ketones is 1. The van der Waals surface area contributed by atoms with Gasteiger partial charge >= 0.3 is 5.97 Å². The smallest absolute Gasteiger partial charge is 0.378 e. The number of benzene rings is 3. The maximum Gasteiger partial charge on any atom is 0.378 e. The Hall–Kier alpha value is -3.58. The van der Waals surface area contributed by atoms with Crippen molar-refractivity contribution in [3.63, 3.8) is 0 Å². The lowest BCUT2D eigenvalue weighted by Crippen LogP contribution is -2.15. The van der Waals surface area contributed by atoms with E-state index < -0.39 is 5.97 Å². The summed E-state index contributed by atoms with van der Waals surface area (Å²) in [6.45, 7) is 3.61. The molecule has 160 valence electrons. The fourth-order valence-electron chi connectivity index (χ4n) is 3.30. The average Bonchev–Trinajstić information content (AvgIpc) is 3.23. The first-order chi connectivity index (χ1) is 15.4. The van der Waals surface area contributed by atoms with E-state index in [1.807, 2.05) is 62.4 Å². The highest BCUT2D eigenvalue weighted by atomic mass is 79.9. The van der Waals surface area contributed by atoms with Crippen molar-refractivity contribution in [2.24, 2.45) is 0 Å². The number of hydrogen-bond acceptors (Lipinski definition) is 5. The molecule has 0 spiro atoms. The van der Waals surface area contributed by atoms with Crippen molar-refractivity contribution in [1.82, 2.24) is 14.8 Å². The molecule has 0 aliphatic heterocycles. The molecule has 0 atom stereocenters. The van der Waals surface area contributed by atoms with Crippen molar-refractivity contribution in [3.8, 4) is 17.1 Å². The van der Waals surface area contributed by atoms with Crippen LogP contribution in [-0.4, -0.2) is 33.1 Å². The zero-order valence-electron chi connectivity index (χ0n) is 17.6. The number of halogens is 1. The van der Waals surface area contributed by atoms with Crippen molar-refractivity contribution in [2.75, 3.05) is 6.61 Å². The Balaban J connectivity index is 1.62. The van der Waals surface area contributed by atoms with Gasteiger partial charge in [0.1, 0.15) is 0 Å². The Kier molecular flexibility index (Phi) is 6.28. The molecule has 1 aromatic heterocycles. The topological polar surface area (TPSA) is 74.1 Å². The number of rotatable bonds is 6. The fraction of sp³-hybridized carbons (Fsp3) is 0.120. The lowest BCUT2D eigenvalue weighted by Gasteiger charge is -2.09. The van der Waals surface area contributed by atoms with Crippen LogP contribution in [0.1, 0.15) is 32.1 Å². The largest absolute Gasteiger partial charge is 0.451 e. The van der Waals surface area contributed by atoms with E-state index in [0.29, 0.717) is 11.4 Å². The van der Waals surface area contributed by atoms with Gasteiger partial charge in [-0.25, -0.2) is 14.5 Å². The van der Waals surface area contributed by atoms with Gasteiger partial charge in [0, 0.05) is 15.6 Å². The average molecular weight is 490 g/mol. The number of nitrogens with zero attached hydrogens (tertiary/aromatic N) is 3. The van der Waals surface area contributed by atoms with Crippen LogP contribution in [0.25, 0.3) is 17.1 Å². The SMILES string of the molecule is Cc1ccc(-n2nc(C(=O)OCC(=O)c3ccc(Br)cc3)nc2-c2ccccc2)c(C)c1. The highest BCUT2D eigenvalue weighted by Gasteiger charge is 2.21. The van der Waals surface area contributed by atoms with E-state index in [4.69, 9.17) is 4.74 Å². The van der Waals surface area contributed by atoms with E-state index in [0.717, 1.165) is 26.9 Å². The number of aromatic nitrogens is 3. The van der Waals surface area contributed by atoms with Gasteiger partial charge < -0.3 is 4.74 Å². The molecule has 0 saturated carbocycles. The summed E-state index contributed by atoms with van der Waals surface area (Å²) < 4.78 is 7.72. The second kappa shape index (κ2) is 9.28. The second-order valence-corrected chi connectivity index (χ2v) is 8.25. The van der Waals surface area contributed by atoms with Crippen LogP contribution >= 0.6 is 15.9 Å². The number of carbonyl (C=O) groups excluding carboxylic acids is 2. The molecule has 7 heteroatoms. The molecule has 6 nitrogen and oxygen atoms in total. The third kappa shape index (κ3) is 4.68. The summed E-state index contributed by atoms with van der Waals surface area (Å²) in [7, 11) is 0. The minimum Gasteiger partial charge on any atom is -0.451 e. The minimum atomic E-state index is -0.754. The quantitative estimate of drug-likeness (QED) is 0.269. The number of Topliss-reactive ketones (excluding diaryl/α,β-unsaturated/α-hetero) is 1. The van der Waals surface area contributed by atoms with Crippen molar-refractivity contribution in [2.45, 2.75) is 13.8 Å². The molecule has 4 rings (SSSR count). The first kappa shape index (κ1) is 21.6. The minimum absolute atomic E-state index is 0.104. The first-order valence-electron chi connectivity index (χ1n) is 9.98. The summed E-state index contributed by atoms with van der Waals surface area (Å²) >= 11 is 3.33. The number of hydrogen-bond donors (Lipinski definition) is 0. The van der Waals surface area contributed by atoms with Crippen molar-refractivity contribution in [1.29, 1.82) is 0 Å². The Morgan fingerprint density at radius 3 is 2.38 bits per heavy atom. The zero-order chi connectivity index (χ0) is 22.7. The highest BCUT2D eigenvalue weighted by molar-refractivity contribution is 9.10. The summed E-state index contributed by atoms with van der Waals surface area (Å²) in [5, 5.41) is 4.42. The lowest BCUT2D eigenvalue weighted by atomic mass is 10.1. The first-order valence-corrected chi connectivity index (χ1v) is 10.8. The van der Waals surface area contributed by atoms with Gasteiger partial charge in [-0.05, 0) is 37.6 Å². The van der Waals surface area contributed by atoms with Crippen LogP contribution < -0.4 is 0 Å². The molecule has 4 aromatic rings. The van der Waals surface area contributed by atoms with Crippen molar-refractivity contribution < 1.29 is 14.3 Å². The van der Waals surface area contributed by atoms with E-state index >= 15 is 0 Å². The summed E-state index contributed by atoms with van der Waals surface area (Å²) in [6, 6.07) is 22.3. The van der Waals surface area contributed by atoms with Crippen LogP contribution in [0.4, 0.5) is 0 Å². The molecule has 32 heavy (non-hydrogen) atoms. The van der Waals surface area contributed by atoms with E-state index in [1.165, 1.54) is 0 Å². The summed E-state index contributed by atoms with van der Waals surface area (Å²) in [5.41, 5.74) is 4.20. The van der Waals surface area contributed by atoms with Gasteiger partial charge in [0.05, 0.1) is 5.69 Å². The normalized spacial score (nSPS) is 10.7. The number of carbonyl (C=O) groups is 2. The Morgan fingerprint density at radius 1 is 0.969 bits per heavy atom. The Labute approximate surface area is 194 Å². The third-order valence-corrected chi connectivity index (χ3v) is 5.43. The van der Waals surface area contributed by atoms with E-state index in [2.05, 4.69) is 26.0 Å². The molecule has 0 aliphatic carbocycles. The van der Waals surface area contributed by atoms with Crippen LogP contribution in [-0.2, 0) is 4.74 Å². The van der Waals surface area contributed by atoms with E-state index in [-0.39, 0.29) is 18.2 Å². The van der Waals surface area contributed by atoms with Crippen LogP contribution in [0.3, 0.4) is 0 Å². The van der Waals surface area contributed by atoms with Crippen LogP contribution in [0.15, 0.2) is 77.3 Å². The number of aryl methyl sites for hydroxylation is 2. The van der Waals surface area contributed by atoms with Gasteiger partial charge in [-0.1, -0.05) is 76.1 Å². The van der Waals surface area contributed by atoms with Crippen LogP contribution in [0, 0.1) is 13.8 Å². The lowest BCUT2D eigenvalue weighted by molar-refractivity contribution is 0.0462. The predicted molar refractivity (Wildman–Crippen MR) is 125 cm³/mol. The highest BCUT2D eigenvalue weighted by Crippen LogP contribution is 2.24. The Morgan fingerprint density at radius 2 is 1.69 bits per heavy atom. The molecule has 1 heterocycles. The third-order valence-electron chi connectivity index (χ3n) is 4.90. The molecule has 0 fully saturated rings. The van der Waals surface area contributed by atoms with Gasteiger partial charge in [-0.15, -0.1) is 5.10 Å². The maximum atomic E-state index is 12.7. The van der Waals surface area contributed by atoms with E-state index in [9.17, 15) is 9.59 Å². The van der Waals surface area contributed by atoms with Crippen LogP contribution in [0.5, 0.6) is 0 Å². The van der Waals surface area contributed by atoms with Gasteiger partial charge in [-0.2, -0.15) is 0 Å². The zero-order valence-corrected chi connectivity index (χ0v) is 19.2. The van der Waals surface area contributed by atoms with Gasteiger partial charge in [0.15, 0.2) is 18.2 Å². The van der Waals surface area contributed by atoms with Gasteiger partial charge in [0.2, 0.25) is 0 Å². The van der Waals surface area contributed by atoms with Gasteiger partial charge in [0.25, 0.3) is 5.82 Å². The molecule has 0 bridgehead atoms. The molecule has 0 unspecified atom stereocenters. The molecular formula is C25H20BrN3O3. The number of ether oxygens (including phenoxy) is 1. The molecular weight excluding hydrogens is 470 g/mol. The maximum absolute atomic E-state index is 12.7. The van der Waals surface area contributed by atoms with Crippen LogP contribution in [0.2, 0.25) is 0 Å². The molecule has 0 radical (unpaired) electrons. The summed E-state index contributed by atoms with van der Waals surface area (Å²) in [4.78, 5) is 29.5. The predicted octanol–water partition coefficient (Wildman–Crippen LogP) is 5.35. The van der Waals surface area contributed by atoms with Crippen molar-refractivity contribution >= 4 is 27.7 Å².